The number of hydrogen-bond acceptors (Lipinski definition) is 3. The van der Waals surface area contributed by atoms with Crippen LogP contribution in [0, 0.1) is 0 Å². The zero-order valence-electron chi connectivity index (χ0n) is 5.41. The molecule has 0 saturated carbocycles. The third-order valence-electron chi connectivity index (χ3n) is 1.18. The Labute approximate surface area is 58.7 Å². The summed E-state index contributed by atoms with van der Waals surface area (Å²) in [4.78, 5) is 0. The van der Waals surface area contributed by atoms with E-state index in [1.165, 1.54) is 12.1 Å². The summed E-state index contributed by atoms with van der Waals surface area (Å²) in [6.07, 6.45) is 0. The first kappa shape index (κ1) is 6.89. The van der Waals surface area contributed by atoms with E-state index >= 15 is 0 Å². The van der Waals surface area contributed by atoms with Crippen molar-refractivity contribution in [2.24, 2.45) is 0 Å². The summed E-state index contributed by atoms with van der Waals surface area (Å²) in [5.41, 5.74) is 6.45. The van der Waals surface area contributed by atoms with Gasteiger partial charge in [-0.25, -0.2) is 0 Å². The van der Waals surface area contributed by atoms with Crippen molar-refractivity contribution >= 4 is 5.69 Å². The zero-order chi connectivity index (χ0) is 7.56. The van der Waals surface area contributed by atoms with Gasteiger partial charge in [0, 0.05) is 11.8 Å². The highest BCUT2D eigenvalue weighted by molar-refractivity contribution is 5.46. The molecule has 0 atom stereocenters. The van der Waals surface area contributed by atoms with E-state index in [4.69, 9.17) is 15.9 Å². The normalized spacial score (nSPS) is 9.70. The first-order valence-corrected chi connectivity index (χ1v) is 2.91. The maximum absolute atomic E-state index is 8.93. The number of aliphatic hydroxyl groups excluding tert-OH is 1. The lowest BCUT2D eigenvalue weighted by atomic mass is 10.2. The van der Waals surface area contributed by atoms with Gasteiger partial charge in [-0.3, -0.25) is 0 Å². The molecule has 1 aromatic carbocycles. The van der Waals surface area contributed by atoms with Gasteiger partial charge in [0.2, 0.25) is 0 Å². The third-order valence-corrected chi connectivity index (χ3v) is 1.18. The molecule has 1 rings (SSSR count). The Bertz CT molecular complexity index is 215. The maximum atomic E-state index is 8.93. The van der Waals surface area contributed by atoms with Crippen LogP contribution in [0.2, 0.25) is 0 Å². The number of nitrogens with two attached hydrogens (primary N) is 1. The lowest BCUT2D eigenvalue weighted by molar-refractivity contribution is 0.281. The standard InChI is InChI=1S/C7H9NO2/c8-6-1-5(4-9)2-7(10)3-6/h1-3,9-10H,4,8H2. The number of hydrogen-bond donors (Lipinski definition) is 3. The molecule has 0 aromatic heterocycles. The van der Waals surface area contributed by atoms with Crippen LogP contribution in [-0.2, 0) is 6.61 Å². The van der Waals surface area contributed by atoms with E-state index in [1.54, 1.807) is 6.07 Å². The van der Waals surface area contributed by atoms with Crippen molar-refractivity contribution in [2.75, 3.05) is 5.73 Å². The minimum Gasteiger partial charge on any atom is -0.508 e. The first-order valence-electron chi connectivity index (χ1n) is 2.91. The molecule has 0 aliphatic rings. The topological polar surface area (TPSA) is 66.5 Å². The Morgan fingerprint density at radius 3 is 2.50 bits per heavy atom. The van der Waals surface area contributed by atoms with Crippen LogP contribution in [0.1, 0.15) is 5.56 Å². The molecule has 0 aliphatic heterocycles. The van der Waals surface area contributed by atoms with E-state index < -0.39 is 0 Å². The SMILES string of the molecule is Nc1cc(O)cc(CO)c1. The lowest BCUT2D eigenvalue weighted by Gasteiger charge is -1.98. The van der Waals surface area contributed by atoms with Gasteiger partial charge in [-0.1, -0.05) is 0 Å². The monoisotopic (exact) mass is 139 g/mol. The average molecular weight is 139 g/mol. The smallest absolute Gasteiger partial charge is 0.117 e. The van der Waals surface area contributed by atoms with E-state index in [9.17, 15) is 0 Å². The van der Waals surface area contributed by atoms with Crippen molar-refractivity contribution in [3.63, 3.8) is 0 Å². The average Bonchev–Trinajstić information content (AvgIpc) is 1.85. The van der Waals surface area contributed by atoms with Crippen LogP contribution in [0.5, 0.6) is 5.75 Å². The molecule has 3 heteroatoms. The number of aliphatic hydroxyl groups is 1. The fourth-order valence-electron chi connectivity index (χ4n) is 0.791. The van der Waals surface area contributed by atoms with E-state index in [0.717, 1.165) is 0 Å². The molecule has 0 bridgehead atoms. The van der Waals surface area contributed by atoms with Crippen LogP contribution in [0.15, 0.2) is 18.2 Å². The fourth-order valence-corrected chi connectivity index (χ4v) is 0.791. The first-order chi connectivity index (χ1) is 4.72. The summed E-state index contributed by atoms with van der Waals surface area (Å²) in [7, 11) is 0. The number of phenolic OH excluding ortho intramolecular Hbond substituents is 1. The highest BCUT2D eigenvalue weighted by Gasteiger charge is 1.94. The molecule has 54 valence electrons. The van der Waals surface area contributed by atoms with E-state index in [2.05, 4.69) is 0 Å². The van der Waals surface area contributed by atoms with Crippen molar-refractivity contribution in [1.82, 2.24) is 0 Å². The maximum Gasteiger partial charge on any atom is 0.117 e. The Hall–Kier alpha value is -1.22. The highest BCUT2D eigenvalue weighted by Crippen LogP contribution is 2.16. The second kappa shape index (κ2) is 2.58. The minimum absolute atomic E-state index is 0.0871. The summed E-state index contributed by atoms with van der Waals surface area (Å²) in [6, 6.07) is 4.51. The number of benzene rings is 1. The summed E-state index contributed by atoms with van der Waals surface area (Å²) < 4.78 is 0. The molecule has 1 aromatic rings. The van der Waals surface area contributed by atoms with Gasteiger partial charge in [0.25, 0.3) is 0 Å². The van der Waals surface area contributed by atoms with Crippen LogP contribution < -0.4 is 5.73 Å². The van der Waals surface area contributed by atoms with Crippen LogP contribution in [0.3, 0.4) is 0 Å². The summed E-state index contributed by atoms with van der Waals surface area (Å²) in [6.45, 7) is -0.0986. The number of aromatic hydroxyl groups is 1. The number of phenols is 1. The quantitative estimate of drug-likeness (QED) is 0.495. The largest absolute Gasteiger partial charge is 0.508 e. The van der Waals surface area contributed by atoms with Crippen molar-refractivity contribution in [1.29, 1.82) is 0 Å². The van der Waals surface area contributed by atoms with Gasteiger partial charge in [-0.2, -0.15) is 0 Å². The number of anilines is 1. The Morgan fingerprint density at radius 1 is 1.30 bits per heavy atom. The van der Waals surface area contributed by atoms with Gasteiger partial charge in [-0.05, 0) is 17.7 Å². The molecular formula is C7H9NO2. The van der Waals surface area contributed by atoms with Crippen LogP contribution in [0.25, 0.3) is 0 Å². The molecule has 0 spiro atoms. The van der Waals surface area contributed by atoms with Gasteiger partial charge in [0.1, 0.15) is 5.75 Å². The summed E-state index contributed by atoms with van der Waals surface area (Å²) >= 11 is 0. The van der Waals surface area contributed by atoms with Gasteiger partial charge in [0.15, 0.2) is 0 Å². The van der Waals surface area contributed by atoms with Crippen LogP contribution in [-0.4, -0.2) is 10.2 Å². The van der Waals surface area contributed by atoms with Gasteiger partial charge in [0.05, 0.1) is 6.61 Å². The molecule has 0 amide bonds. The van der Waals surface area contributed by atoms with Crippen LogP contribution in [0.4, 0.5) is 5.69 Å². The molecule has 0 fully saturated rings. The number of nitrogen functional groups attached to an aromatic ring is 1. The second-order valence-electron chi connectivity index (χ2n) is 2.09. The van der Waals surface area contributed by atoms with Crippen molar-refractivity contribution in [3.05, 3.63) is 23.8 Å². The Kier molecular flexibility index (Phi) is 1.78. The molecule has 0 radical (unpaired) electrons. The molecule has 0 saturated heterocycles. The Balaban J connectivity index is 3.06. The lowest BCUT2D eigenvalue weighted by Crippen LogP contribution is -1.88. The van der Waals surface area contributed by atoms with E-state index in [0.29, 0.717) is 11.3 Å². The van der Waals surface area contributed by atoms with Gasteiger partial charge in [-0.15, -0.1) is 0 Å². The number of rotatable bonds is 1. The van der Waals surface area contributed by atoms with Crippen molar-refractivity contribution < 1.29 is 10.2 Å². The predicted octanol–water partition coefficient (Wildman–Crippen LogP) is 0.467. The highest BCUT2D eigenvalue weighted by atomic mass is 16.3. The molecule has 0 aliphatic carbocycles. The van der Waals surface area contributed by atoms with Crippen LogP contribution >= 0.6 is 0 Å². The third kappa shape index (κ3) is 1.39. The Morgan fingerprint density at radius 2 is 2.00 bits per heavy atom. The van der Waals surface area contributed by atoms with E-state index in [-0.39, 0.29) is 12.4 Å². The van der Waals surface area contributed by atoms with Crippen molar-refractivity contribution in [3.8, 4) is 5.75 Å². The molecular weight excluding hydrogens is 130 g/mol. The summed E-state index contributed by atoms with van der Waals surface area (Å²) in [5, 5.41) is 17.6. The van der Waals surface area contributed by atoms with Gasteiger partial charge >= 0.3 is 0 Å². The zero-order valence-corrected chi connectivity index (χ0v) is 5.41. The molecule has 0 unspecified atom stereocenters. The molecule has 0 heterocycles. The minimum atomic E-state index is -0.0986. The molecule has 4 N–H and O–H groups in total. The van der Waals surface area contributed by atoms with E-state index in [1.807, 2.05) is 0 Å². The fraction of sp³-hybridized carbons (Fsp3) is 0.143. The van der Waals surface area contributed by atoms with Crippen molar-refractivity contribution in [2.45, 2.75) is 6.61 Å². The predicted molar refractivity (Wildman–Crippen MR) is 38.4 cm³/mol. The van der Waals surface area contributed by atoms with Gasteiger partial charge < -0.3 is 15.9 Å². The summed E-state index contributed by atoms with van der Waals surface area (Å²) in [5.74, 6) is 0.0871. The molecule has 10 heavy (non-hydrogen) atoms. The second-order valence-corrected chi connectivity index (χ2v) is 2.09. The molecule has 3 nitrogen and oxygen atoms in total.